The number of hydrogen-bond acceptors (Lipinski definition) is 3. The van der Waals surface area contributed by atoms with Crippen molar-refractivity contribution in [1.29, 1.82) is 0 Å². The Morgan fingerprint density at radius 3 is 2.38 bits per heavy atom. The Balaban J connectivity index is 3.39. The molecule has 76 valence electrons. The molecule has 0 aliphatic carbocycles. The number of terminal acetylenes is 1. The van der Waals surface area contributed by atoms with Crippen LogP contribution in [0.15, 0.2) is 0 Å². The number of hydrogen-bond donors (Lipinski definition) is 1. The third-order valence-electron chi connectivity index (χ3n) is 1.49. The van der Waals surface area contributed by atoms with Gasteiger partial charge in [0.2, 0.25) is 0 Å². The van der Waals surface area contributed by atoms with Crippen LogP contribution in [-0.4, -0.2) is 32.6 Å². The molecule has 0 amide bonds. The maximum Gasteiger partial charge on any atom is 0.158 e. The summed E-state index contributed by atoms with van der Waals surface area (Å²) < 4.78 is 10.7. The summed E-state index contributed by atoms with van der Waals surface area (Å²) in [7, 11) is 0. The van der Waals surface area contributed by atoms with E-state index in [1.807, 2.05) is 13.8 Å². The summed E-state index contributed by atoms with van der Waals surface area (Å²) in [5.41, 5.74) is 0. The van der Waals surface area contributed by atoms with Gasteiger partial charge >= 0.3 is 0 Å². The normalized spacial score (nSPS) is 10.3. The second-order valence-electron chi connectivity index (χ2n) is 2.51. The fourth-order valence-electron chi connectivity index (χ4n) is 0.967. The third kappa shape index (κ3) is 7.79. The highest BCUT2D eigenvalue weighted by Crippen LogP contribution is 1.99. The quantitative estimate of drug-likeness (QED) is 0.347. The Hall–Kier alpha value is -0.560. The summed E-state index contributed by atoms with van der Waals surface area (Å²) in [4.78, 5) is 0. The van der Waals surface area contributed by atoms with Gasteiger partial charge in [-0.05, 0) is 13.8 Å². The van der Waals surface area contributed by atoms with E-state index in [-0.39, 0.29) is 6.29 Å². The molecule has 1 N–H and O–H groups in total. The minimum absolute atomic E-state index is 0.0970. The lowest BCUT2D eigenvalue weighted by Gasteiger charge is -2.16. The fraction of sp³-hybridized carbons (Fsp3) is 0.800. The molecule has 0 aromatic carbocycles. The van der Waals surface area contributed by atoms with Crippen LogP contribution < -0.4 is 5.32 Å². The average Bonchev–Trinajstić information content (AvgIpc) is 2.13. The number of ether oxygens (including phenoxy) is 2. The van der Waals surface area contributed by atoms with Crippen LogP contribution in [0.3, 0.4) is 0 Å². The molecular formula is C10H19NO2. The molecule has 0 atom stereocenters. The lowest BCUT2D eigenvalue weighted by atomic mass is 10.4. The second kappa shape index (κ2) is 9.53. The van der Waals surface area contributed by atoms with Crippen LogP contribution in [0.1, 0.15) is 20.3 Å². The van der Waals surface area contributed by atoms with Gasteiger partial charge in [0, 0.05) is 26.2 Å². The Bertz CT molecular complexity index is 136. The van der Waals surface area contributed by atoms with E-state index >= 15 is 0 Å². The Kier molecular flexibility index (Phi) is 9.12. The molecule has 0 aromatic heterocycles. The van der Waals surface area contributed by atoms with Crippen molar-refractivity contribution in [2.45, 2.75) is 26.6 Å². The van der Waals surface area contributed by atoms with E-state index in [0.717, 1.165) is 13.0 Å². The zero-order valence-electron chi connectivity index (χ0n) is 8.51. The molecule has 0 radical (unpaired) electrons. The summed E-state index contributed by atoms with van der Waals surface area (Å²) >= 11 is 0. The van der Waals surface area contributed by atoms with Gasteiger partial charge in [0.1, 0.15) is 0 Å². The SMILES string of the molecule is C#CCNCCC(OCC)OCC. The van der Waals surface area contributed by atoms with Crippen molar-refractivity contribution in [3.8, 4) is 12.3 Å². The first kappa shape index (κ1) is 12.4. The van der Waals surface area contributed by atoms with E-state index in [2.05, 4.69) is 11.2 Å². The number of nitrogens with one attached hydrogen (secondary N) is 1. The van der Waals surface area contributed by atoms with Gasteiger partial charge in [-0.15, -0.1) is 6.42 Å². The van der Waals surface area contributed by atoms with Crippen LogP contribution in [0.2, 0.25) is 0 Å². The van der Waals surface area contributed by atoms with Crippen LogP contribution in [-0.2, 0) is 9.47 Å². The zero-order valence-corrected chi connectivity index (χ0v) is 8.51. The molecule has 0 rings (SSSR count). The van der Waals surface area contributed by atoms with Crippen molar-refractivity contribution in [3.63, 3.8) is 0 Å². The van der Waals surface area contributed by atoms with Crippen LogP contribution in [0, 0.1) is 12.3 Å². The van der Waals surface area contributed by atoms with Gasteiger partial charge in [-0.1, -0.05) is 5.92 Å². The van der Waals surface area contributed by atoms with Crippen molar-refractivity contribution >= 4 is 0 Å². The molecule has 0 fully saturated rings. The van der Waals surface area contributed by atoms with Crippen molar-refractivity contribution in [3.05, 3.63) is 0 Å². The van der Waals surface area contributed by atoms with E-state index < -0.39 is 0 Å². The standard InChI is InChI=1S/C10H19NO2/c1-4-8-11-9-7-10(12-5-2)13-6-3/h1,10-11H,5-9H2,2-3H3. The summed E-state index contributed by atoms with van der Waals surface area (Å²) in [5, 5.41) is 3.09. The molecule has 3 heteroatoms. The Morgan fingerprint density at radius 1 is 1.31 bits per heavy atom. The van der Waals surface area contributed by atoms with Crippen molar-refractivity contribution in [2.24, 2.45) is 0 Å². The molecular weight excluding hydrogens is 166 g/mol. The molecule has 0 saturated heterocycles. The molecule has 3 nitrogen and oxygen atoms in total. The summed E-state index contributed by atoms with van der Waals surface area (Å²) in [5.74, 6) is 2.51. The lowest BCUT2D eigenvalue weighted by molar-refractivity contribution is -0.138. The van der Waals surface area contributed by atoms with E-state index in [9.17, 15) is 0 Å². The molecule has 0 aliphatic heterocycles. The van der Waals surface area contributed by atoms with Crippen molar-refractivity contribution < 1.29 is 9.47 Å². The third-order valence-corrected chi connectivity index (χ3v) is 1.49. The van der Waals surface area contributed by atoms with Gasteiger partial charge in [-0.25, -0.2) is 0 Å². The highest BCUT2D eigenvalue weighted by molar-refractivity contribution is 4.86. The molecule has 0 saturated carbocycles. The first-order chi connectivity index (χ1) is 6.35. The fourth-order valence-corrected chi connectivity index (χ4v) is 0.967. The summed E-state index contributed by atoms with van der Waals surface area (Å²) in [6.07, 6.45) is 5.83. The van der Waals surface area contributed by atoms with Crippen LogP contribution >= 0.6 is 0 Å². The first-order valence-corrected chi connectivity index (χ1v) is 4.72. The molecule has 0 aliphatic rings. The molecule has 0 spiro atoms. The van der Waals surface area contributed by atoms with Crippen molar-refractivity contribution in [1.82, 2.24) is 5.32 Å². The predicted octanol–water partition coefficient (Wildman–Crippen LogP) is 0.998. The van der Waals surface area contributed by atoms with E-state index in [0.29, 0.717) is 19.8 Å². The van der Waals surface area contributed by atoms with E-state index in [1.165, 1.54) is 0 Å². The highest BCUT2D eigenvalue weighted by atomic mass is 16.7. The molecule has 0 aromatic rings. The van der Waals surface area contributed by atoms with E-state index in [1.54, 1.807) is 0 Å². The van der Waals surface area contributed by atoms with Gasteiger partial charge in [0.15, 0.2) is 6.29 Å². The maximum absolute atomic E-state index is 5.35. The van der Waals surface area contributed by atoms with Crippen LogP contribution in [0.4, 0.5) is 0 Å². The van der Waals surface area contributed by atoms with Crippen LogP contribution in [0.5, 0.6) is 0 Å². The maximum atomic E-state index is 5.35. The van der Waals surface area contributed by atoms with Crippen LogP contribution in [0.25, 0.3) is 0 Å². The average molecular weight is 185 g/mol. The van der Waals surface area contributed by atoms with Crippen molar-refractivity contribution in [2.75, 3.05) is 26.3 Å². The van der Waals surface area contributed by atoms with Gasteiger partial charge in [0.25, 0.3) is 0 Å². The molecule has 0 unspecified atom stereocenters. The minimum Gasteiger partial charge on any atom is -0.353 e. The zero-order chi connectivity index (χ0) is 9.94. The topological polar surface area (TPSA) is 30.5 Å². The minimum atomic E-state index is -0.0970. The predicted molar refractivity (Wildman–Crippen MR) is 53.4 cm³/mol. The first-order valence-electron chi connectivity index (χ1n) is 4.72. The molecule has 0 heterocycles. The summed E-state index contributed by atoms with van der Waals surface area (Å²) in [6, 6.07) is 0. The molecule has 0 bridgehead atoms. The second-order valence-corrected chi connectivity index (χ2v) is 2.51. The lowest BCUT2D eigenvalue weighted by Crippen LogP contribution is -2.25. The van der Waals surface area contributed by atoms with E-state index in [4.69, 9.17) is 15.9 Å². The largest absolute Gasteiger partial charge is 0.353 e. The van der Waals surface area contributed by atoms with Gasteiger partial charge < -0.3 is 14.8 Å². The smallest absolute Gasteiger partial charge is 0.158 e. The molecule has 13 heavy (non-hydrogen) atoms. The monoisotopic (exact) mass is 185 g/mol. The highest BCUT2D eigenvalue weighted by Gasteiger charge is 2.05. The van der Waals surface area contributed by atoms with Gasteiger partial charge in [0.05, 0.1) is 6.54 Å². The summed E-state index contributed by atoms with van der Waals surface area (Å²) in [6.45, 7) is 6.71. The number of rotatable bonds is 8. The Labute approximate surface area is 80.8 Å². The van der Waals surface area contributed by atoms with Gasteiger partial charge in [-0.2, -0.15) is 0 Å². The van der Waals surface area contributed by atoms with Gasteiger partial charge in [-0.3, -0.25) is 0 Å². The Morgan fingerprint density at radius 2 is 1.92 bits per heavy atom.